The molecule has 0 spiro atoms. The van der Waals surface area contributed by atoms with Gasteiger partial charge in [0.15, 0.2) is 5.75 Å². The Morgan fingerprint density at radius 1 is 1.15 bits per heavy atom. The summed E-state index contributed by atoms with van der Waals surface area (Å²) in [4.78, 5) is 22.1. The second-order valence-electron chi connectivity index (χ2n) is 6.93. The number of rotatable bonds is 7. The minimum Gasteiger partial charge on any atom is -0.366 e. The Labute approximate surface area is 154 Å². The summed E-state index contributed by atoms with van der Waals surface area (Å²) in [6.45, 7) is 4.38. The average Bonchev–Trinajstić information content (AvgIpc) is 2.67. The van der Waals surface area contributed by atoms with Gasteiger partial charge in [-0.3, -0.25) is 14.6 Å². The number of hydrogen-bond acceptors (Lipinski definition) is 3. The summed E-state index contributed by atoms with van der Waals surface area (Å²) < 4.78 is 0. The van der Waals surface area contributed by atoms with E-state index in [4.69, 9.17) is 15.5 Å². The summed E-state index contributed by atoms with van der Waals surface area (Å²) in [6, 6.07) is 13.7. The Hall–Kier alpha value is -2.75. The molecule has 0 saturated carbocycles. The second-order valence-corrected chi connectivity index (χ2v) is 6.93. The topological polar surface area (TPSA) is 61.6 Å². The third-order valence-corrected chi connectivity index (χ3v) is 5.16. The molecule has 0 saturated heterocycles. The van der Waals surface area contributed by atoms with E-state index in [-0.39, 0.29) is 5.41 Å². The van der Waals surface area contributed by atoms with Crippen LogP contribution < -0.4 is 10.6 Å². The fourth-order valence-corrected chi connectivity index (χ4v) is 3.62. The van der Waals surface area contributed by atoms with E-state index in [1.54, 1.807) is 0 Å². The molecule has 4 heteroatoms. The molecule has 1 atom stereocenters. The van der Waals surface area contributed by atoms with E-state index in [1.165, 1.54) is 6.26 Å². The van der Waals surface area contributed by atoms with Crippen molar-refractivity contribution in [3.05, 3.63) is 71.0 Å². The van der Waals surface area contributed by atoms with Gasteiger partial charge < -0.3 is 5.73 Å². The molecule has 0 bridgehead atoms. The summed E-state index contributed by atoms with van der Waals surface area (Å²) in [7, 11) is 0. The lowest BCUT2D eigenvalue weighted by Gasteiger charge is -2.33. The van der Waals surface area contributed by atoms with Crippen molar-refractivity contribution in [2.45, 2.75) is 44.9 Å². The maximum Gasteiger partial charge on any atom is 0.249 e. The highest BCUT2D eigenvalue weighted by molar-refractivity contribution is 5.95. The van der Waals surface area contributed by atoms with Gasteiger partial charge in [-0.05, 0) is 41.8 Å². The molecule has 1 amide bonds. The third kappa shape index (κ3) is 3.45. The van der Waals surface area contributed by atoms with Gasteiger partial charge in [0.2, 0.25) is 5.91 Å². The Morgan fingerprint density at radius 2 is 1.96 bits per heavy atom. The molecule has 0 fully saturated rings. The highest BCUT2D eigenvalue weighted by atomic mass is 17.2. The van der Waals surface area contributed by atoms with Crippen LogP contribution in [0.15, 0.2) is 48.7 Å². The van der Waals surface area contributed by atoms with E-state index >= 15 is 0 Å². The zero-order chi connectivity index (χ0) is 18.6. The van der Waals surface area contributed by atoms with Gasteiger partial charge in [0.05, 0.1) is 0 Å². The summed E-state index contributed by atoms with van der Waals surface area (Å²) in [5.74, 6) is 0.298. The fraction of sp³-hybridized carbons (Fsp3) is 0.318. The lowest BCUT2D eigenvalue weighted by Crippen LogP contribution is -2.28. The molecule has 2 N–H and O–H groups in total. The number of hydrogen-bond donors (Lipinski definition) is 1. The van der Waals surface area contributed by atoms with Crippen molar-refractivity contribution in [1.82, 2.24) is 0 Å². The molecule has 2 aromatic rings. The molecule has 3 rings (SSSR count). The van der Waals surface area contributed by atoms with Gasteiger partial charge in [0, 0.05) is 16.5 Å². The maximum atomic E-state index is 12.0. The van der Waals surface area contributed by atoms with Crippen molar-refractivity contribution in [3.8, 4) is 5.75 Å². The lowest BCUT2D eigenvalue weighted by atomic mass is 9.70. The molecular formula is C22H25NO3. The van der Waals surface area contributed by atoms with Gasteiger partial charge in [-0.25, -0.2) is 0 Å². The molecule has 136 valence electrons. The van der Waals surface area contributed by atoms with E-state index in [9.17, 15) is 4.79 Å². The van der Waals surface area contributed by atoms with Crippen molar-refractivity contribution in [3.63, 3.8) is 0 Å². The van der Waals surface area contributed by atoms with Crippen molar-refractivity contribution in [2.75, 3.05) is 0 Å². The average molecular weight is 351 g/mol. The van der Waals surface area contributed by atoms with Gasteiger partial charge in [-0.2, -0.15) is 0 Å². The van der Waals surface area contributed by atoms with Crippen molar-refractivity contribution in [1.29, 1.82) is 0 Å². The summed E-state index contributed by atoms with van der Waals surface area (Å²) >= 11 is 0. The van der Waals surface area contributed by atoms with Crippen LogP contribution in [0, 0.1) is 0 Å². The summed E-state index contributed by atoms with van der Waals surface area (Å²) in [5.41, 5.74) is 9.01. The predicted octanol–water partition coefficient (Wildman–Crippen LogP) is 4.97. The number of benzene rings is 2. The van der Waals surface area contributed by atoms with E-state index in [0.29, 0.717) is 11.3 Å². The number of unbranched alkanes of at least 4 members (excludes halogenated alkanes) is 2. The number of primary amides is 1. The third-order valence-electron chi connectivity index (χ3n) is 5.16. The molecule has 4 nitrogen and oxygen atoms in total. The molecular weight excluding hydrogens is 326 g/mol. The van der Waals surface area contributed by atoms with E-state index in [1.807, 2.05) is 42.5 Å². The first-order valence-electron chi connectivity index (χ1n) is 9.10. The Bertz CT molecular complexity index is 828. The fourth-order valence-electron chi connectivity index (χ4n) is 3.62. The van der Waals surface area contributed by atoms with Crippen LogP contribution in [0.4, 0.5) is 0 Å². The maximum absolute atomic E-state index is 12.0. The van der Waals surface area contributed by atoms with Crippen LogP contribution in [0.1, 0.15) is 66.6 Å². The van der Waals surface area contributed by atoms with Crippen LogP contribution in [0.2, 0.25) is 0 Å². The van der Waals surface area contributed by atoms with Crippen LogP contribution in [-0.2, 0) is 10.3 Å². The van der Waals surface area contributed by atoms with E-state index in [0.717, 1.165) is 42.4 Å². The predicted molar refractivity (Wildman–Crippen MR) is 103 cm³/mol. The van der Waals surface area contributed by atoms with E-state index in [2.05, 4.69) is 19.9 Å². The molecule has 1 heterocycles. The van der Waals surface area contributed by atoms with Crippen LogP contribution in [0.3, 0.4) is 0 Å². The van der Waals surface area contributed by atoms with Crippen molar-refractivity contribution >= 4 is 12.0 Å². The Kier molecular flexibility index (Phi) is 5.31. The second kappa shape index (κ2) is 7.65. The SMILES string of the molecule is CCCCCC(C)(c1ccc2c(c1)C=COO2)c1ccccc1C(N)=O. The zero-order valence-corrected chi connectivity index (χ0v) is 15.3. The molecule has 2 aromatic carbocycles. The van der Waals surface area contributed by atoms with Gasteiger partial charge in [0.1, 0.15) is 6.26 Å². The number of nitrogens with two attached hydrogens (primary N) is 1. The monoisotopic (exact) mass is 351 g/mol. The number of carbonyl (C=O) groups is 1. The minimum atomic E-state index is -0.392. The highest BCUT2D eigenvalue weighted by Gasteiger charge is 2.32. The van der Waals surface area contributed by atoms with Crippen LogP contribution >= 0.6 is 0 Å². The molecule has 0 radical (unpaired) electrons. The highest BCUT2D eigenvalue weighted by Crippen LogP contribution is 2.41. The standard InChI is InChI=1S/C22H25NO3/c1-3-4-7-13-22(2,19-9-6-5-8-18(19)21(23)24)17-10-11-20-16(15-17)12-14-25-26-20/h5-6,8-12,14-15H,3-4,7,13H2,1-2H3,(H2,23,24). The summed E-state index contributed by atoms with van der Waals surface area (Å²) in [6.07, 6.45) is 7.71. The normalized spacial score (nSPS) is 14.7. The summed E-state index contributed by atoms with van der Waals surface area (Å²) in [5, 5.41) is 0. The Balaban J connectivity index is 2.11. The number of amides is 1. The minimum absolute atomic E-state index is 0.317. The first-order valence-corrected chi connectivity index (χ1v) is 9.10. The van der Waals surface area contributed by atoms with Gasteiger partial charge in [-0.1, -0.05) is 57.4 Å². The van der Waals surface area contributed by atoms with E-state index < -0.39 is 5.91 Å². The van der Waals surface area contributed by atoms with Gasteiger partial charge >= 0.3 is 0 Å². The van der Waals surface area contributed by atoms with Crippen molar-refractivity contribution in [2.24, 2.45) is 5.73 Å². The smallest absolute Gasteiger partial charge is 0.249 e. The Morgan fingerprint density at radius 3 is 2.73 bits per heavy atom. The van der Waals surface area contributed by atoms with Crippen molar-refractivity contribution < 1.29 is 14.6 Å². The molecule has 1 aliphatic rings. The quantitative estimate of drug-likeness (QED) is 0.566. The first-order chi connectivity index (χ1) is 12.6. The van der Waals surface area contributed by atoms with Crippen LogP contribution in [0.5, 0.6) is 5.75 Å². The zero-order valence-electron chi connectivity index (χ0n) is 15.3. The molecule has 0 aliphatic carbocycles. The van der Waals surface area contributed by atoms with Crippen LogP contribution in [-0.4, -0.2) is 5.91 Å². The largest absolute Gasteiger partial charge is 0.366 e. The lowest BCUT2D eigenvalue weighted by molar-refractivity contribution is -0.151. The molecule has 1 aliphatic heterocycles. The molecule has 0 aromatic heterocycles. The number of fused-ring (bicyclic) bond motifs is 1. The van der Waals surface area contributed by atoms with Gasteiger partial charge in [0.25, 0.3) is 0 Å². The molecule has 26 heavy (non-hydrogen) atoms. The number of carbonyl (C=O) groups excluding carboxylic acids is 1. The van der Waals surface area contributed by atoms with Crippen LogP contribution in [0.25, 0.3) is 6.08 Å². The molecule has 1 unspecified atom stereocenters. The first kappa shape index (κ1) is 18.1. The van der Waals surface area contributed by atoms with Gasteiger partial charge in [-0.15, -0.1) is 0 Å².